The lowest BCUT2D eigenvalue weighted by Crippen LogP contribution is -2.23. The second-order valence-electron chi connectivity index (χ2n) is 9.90. The van der Waals surface area contributed by atoms with Crippen molar-refractivity contribution in [2.75, 3.05) is 6.54 Å². The lowest BCUT2D eigenvalue weighted by atomic mass is 10.1. The van der Waals surface area contributed by atoms with Crippen molar-refractivity contribution in [3.8, 4) is 22.6 Å². The van der Waals surface area contributed by atoms with Gasteiger partial charge in [-0.3, -0.25) is 15.1 Å². The van der Waals surface area contributed by atoms with Crippen molar-refractivity contribution in [3.05, 3.63) is 76.0 Å². The predicted molar refractivity (Wildman–Crippen MR) is 156 cm³/mol. The first-order valence-electron chi connectivity index (χ1n) is 13.1. The smallest absolute Gasteiger partial charge is 0.159 e. The molecule has 1 fully saturated rings. The van der Waals surface area contributed by atoms with Crippen LogP contribution in [0.1, 0.15) is 43.7 Å². The number of hydrogen-bond acceptors (Lipinski definition) is 6. The standard InChI is InChI=1S/C30H31N7S/c1-3-26-24(10-19(2)23-11-21(14-32-15-23)13-31-12-20-6-4-5-7-20)29(37-36-26)30-34-27-17-33-16-25(28(27)35-30)22-8-9-38-18-22/h3,8-11,14-18,20,31,36H,2,4-7,12-13H2,1H3,(H,34,35)/b24-10+,26-3+. The number of pyridine rings is 2. The molecule has 1 saturated carbocycles. The molecule has 0 aliphatic heterocycles. The first-order chi connectivity index (χ1) is 18.7. The molecule has 5 aromatic heterocycles. The monoisotopic (exact) mass is 521 g/mol. The molecule has 0 radical (unpaired) electrons. The number of allylic oxidation sites excluding steroid dienone is 1. The lowest BCUT2D eigenvalue weighted by molar-refractivity contribution is 0.489. The third-order valence-corrected chi connectivity index (χ3v) is 7.98. The van der Waals surface area contributed by atoms with Crippen molar-refractivity contribution in [1.82, 2.24) is 35.5 Å². The summed E-state index contributed by atoms with van der Waals surface area (Å²) in [5.74, 6) is 1.50. The number of hydrogen-bond donors (Lipinski definition) is 3. The summed E-state index contributed by atoms with van der Waals surface area (Å²) in [5.41, 5.74) is 7.64. The molecular formula is C30H31N7S. The molecule has 5 aromatic rings. The Kier molecular flexibility index (Phi) is 6.98. The van der Waals surface area contributed by atoms with Gasteiger partial charge in [0.15, 0.2) is 5.82 Å². The number of nitrogens with one attached hydrogen (secondary N) is 3. The number of imidazole rings is 1. The normalized spacial score (nSPS) is 15.2. The molecule has 0 aromatic carbocycles. The molecule has 38 heavy (non-hydrogen) atoms. The Bertz CT molecular complexity index is 1690. The summed E-state index contributed by atoms with van der Waals surface area (Å²) in [4.78, 5) is 17.3. The van der Waals surface area contributed by atoms with E-state index in [4.69, 9.17) is 4.98 Å². The Labute approximate surface area is 225 Å². The van der Waals surface area contributed by atoms with E-state index in [9.17, 15) is 0 Å². The van der Waals surface area contributed by atoms with Gasteiger partial charge >= 0.3 is 0 Å². The fourth-order valence-electron chi connectivity index (χ4n) is 5.24. The number of nitrogens with zero attached hydrogens (tertiary/aromatic N) is 4. The maximum Gasteiger partial charge on any atom is 0.159 e. The zero-order valence-electron chi connectivity index (χ0n) is 21.5. The van der Waals surface area contributed by atoms with Crippen molar-refractivity contribution in [2.45, 2.75) is 39.2 Å². The van der Waals surface area contributed by atoms with Crippen LogP contribution in [0.25, 0.3) is 51.4 Å². The van der Waals surface area contributed by atoms with E-state index in [1.807, 2.05) is 31.6 Å². The van der Waals surface area contributed by atoms with Crippen LogP contribution in [0.2, 0.25) is 0 Å². The van der Waals surface area contributed by atoms with E-state index in [-0.39, 0.29) is 0 Å². The van der Waals surface area contributed by atoms with Gasteiger partial charge in [0.25, 0.3) is 0 Å². The number of fused-ring (bicyclic) bond motifs is 1. The highest BCUT2D eigenvalue weighted by atomic mass is 32.1. The van der Waals surface area contributed by atoms with E-state index < -0.39 is 0 Å². The van der Waals surface area contributed by atoms with Crippen molar-refractivity contribution < 1.29 is 0 Å². The molecule has 1 aliphatic carbocycles. The van der Waals surface area contributed by atoms with Gasteiger partial charge in [-0.05, 0) is 83.5 Å². The molecule has 0 amide bonds. The fraction of sp³-hybridized carbons (Fsp3) is 0.267. The van der Waals surface area contributed by atoms with Gasteiger partial charge in [-0.25, -0.2) is 4.98 Å². The molecule has 8 heteroatoms. The minimum atomic E-state index is 0.691. The van der Waals surface area contributed by atoms with Gasteiger partial charge in [0, 0.05) is 35.9 Å². The minimum Gasteiger partial charge on any atom is -0.335 e. The molecule has 3 N–H and O–H groups in total. The SMILES string of the molecule is C=C(/C=c1/c(-c2nc3c(-c4ccsc4)cncc3[nH]2)n[nH]/c1=C/C)c1cncc(CNCC2CCCC2)c1. The van der Waals surface area contributed by atoms with Crippen LogP contribution in [0.3, 0.4) is 0 Å². The molecule has 0 unspecified atom stereocenters. The quantitative estimate of drug-likeness (QED) is 0.266. The first kappa shape index (κ1) is 24.5. The Morgan fingerprint density at radius 1 is 1.18 bits per heavy atom. The second-order valence-corrected chi connectivity index (χ2v) is 10.7. The van der Waals surface area contributed by atoms with Crippen LogP contribution in [-0.2, 0) is 6.54 Å². The van der Waals surface area contributed by atoms with Crippen molar-refractivity contribution >= 4 is 40.1 Å². The Balaban J connectivity index is 1.31. The van der Waals surface area contributed by atoms with E-state index in [0.29, 0.717) is 5.82 Å². The van der Waals surface area contributed by atoms with Gasteiger partial charge < -0.3 is 10.3 Å². The van der Waals surface area contributed by atoms with E-state index >= 15 is 0 Å². The minimum absolute atomic E-state index is 0.691. The average molecular weight is 522 g/mol. The number of aromatic amines is 2. The molecule has 0 bridgehead atoms. The van der Waals surface area contributed by atoms with Crippen LogP contribution in [0.5, 0.6) is 0 Å². The van der Waals surface area contributed by atoms with Gasteiger partial charge in [0.05, 0.1) is 17.1 Å². The van der Waals surface area contributed by atoms with E-state index in [1.54, 1.807) is 17.5 Å². The summed E-state index contributed by atoms with van der Waals surface area (Å²) in [6, 6.07) is 4.26. The summed E-state index contributed by atoms with van der Waals surface area (Å²) >= 11 is 1.66. The number of aromatic nitrogens is 6. The van der Waals surface area contributed by atoms with Crippen LogP contribution in [-0.4, -0.2) is 36.7 Å². The third-order valence-electron chi connectivity index (χ3n) is 7.29. The van der Waals surface area contributed by atoms with Crippen molar-refractivity contribution in [3.63, 3.8) is 0 Å². The van der Waals surface area contributed by atoms with Gasteiger partial charge in [-0.2, -0.15) is 16.4 Å². The maximum absolute atomic E-state index is 4.95. The van der Waals surface area contributed by atoms with Crippen molar-refractivity contribution in [2.24, 2.45) is 5.92 Å². The highest BCUT2D eigenvalue weighted by molar-refractivity contribution is 7.08. The largest absolute Gasteiger partial charge is 0.335 e. The number of H-pyrrole nitrogens is 2. The molecule has 5 heterocycles. The van der Waals surface area contributed by atoms with Crippen LogP contribution in [0.4, 0.5) is 0 Å². The molecule has 6 rings (SSSR count). The molecule has 0 saturated heterocycles. The van der Waals surface area contributed by atoms with E-state index in [0.717, 1.165) is 74.1 Å². The summed E-state index contributed by atoms with van der Waals surface area (Å²) < 4.78 is 0. The van der Waals surface area contributed by atoms with Crippen LogP contribution >= 0.6 is 11.3 Å². The highest BCUT2D eigenvalue weighted by Gasteiger charge is 2.16. The Morgan fingerprint density at radius 3 is 2.87 bits per heavy atom. The first-order valence-corrected chi connectivity index (χ1v) is 14.1. The summed E-state index contributed by atoms with van der Waals surface area (Å²) in [5, 5.41) is 17.4. The van der Waals surface area contributed by atoms with Gasteiger partial charge in [-0.15, -0.1) is 0 Å². The molecule has 0 spiro atoms. The molecular weight excluding hydrogens is 490 g/mol. The Hall–Kier alpha value is -3.88. The second kappa shape index (κ2) is 10.8. The number of thiophene rings is 1. The topological polar surface area (TPSA) is 95.2 Å². The van der Waals surface area contributed by atoms with Gasteiger partial charge in [-0.1, -0.05) is 25.5 Å². The Morgan fingerprint density at radius 2 is 2.05 bits per heavy atom. The molecule has 0 atom stereocenters. The summed E-state index contributed by atoms with van der Waals surface area (Å²) in [6.45, 7) is 8.26. The van der Waals surface area contributed by atoms with Crippen LogP contribution in [0.15, 0.2) is 54.3 Å². The zero-order valence-corrected chi connectivity index (χ0v) is 22.3. The zero-order chi connectivity index (χ0) is 25.9. The van der Waals surface area contributed by atoms with Crippen LogP contribution in [0, 0.1) is 5.92 Å². The van der Waals surface area contributed by atoms with Crippen LogP contribution < -0.4 is 15.9 Å². The predicted octanol–water partition coefficient (Wildman–Crippen LogP) is 5.05. The van der Waals surface area contributed by atoms with E-state index in [2.05, 4.69) is 66.0 Å². The number of rotatable bonds is 8. The molecule has 1 aliphatic rings. The third kappa shape index (κ3) is 4.97. The molecule has 192 valence electrons. The van der Waals surface area contributed by atoms with E-state index in [1.165, 1.54) is 25.7 Å². The summed E-state index contributed by atoms with van der Waals surface area (Å²) in [7, 11) is 0. The average Bonchev–Trinajstić information content (AvgIpc) is 3.75. The summed E-state index contributed by atoms with van der Waals surface area (Å²) in [6.07, 6.45) is 17.0. The highest BCUT2D eigenvalue weighted by Crippen LogP contribution is 2.29. The maximum atomic E-state index is 4.95. The van der Waals surface area contributed by atoms with Gasteiger partial charge in [0.1, 0.15) is 11.2 Å². The fourth-order valence-corrected chi connectivity index (χ4v) is 5.89. The lowest BCUT2D eigenvalue weighted by Gasteiger charge is -2.11. The molecule has 7 nitrogen and oxygen atoms in total. The van der Waals surface area contributed by atoms with Gasteiger partial charge in [0.2, 0.25) is 0 Å². The van der Waals surface area contributed by atoms with Crippen molar-refractivity contribution in [1.29, 1.82) is 0 Å².